The average molecular weight is 735 g/mol. The lowest BCUT2D eigenvalue weighted by Gasteiger charge is -2.19. The lowest BCUT2D eigenvalue weighted by molar-refractivity contribution is 0.354. The normalized spacial score (nSPS) is 10.5. The van der Waals surface area contributed by atoms with Crippen molar-refractivity contribution in [1.29, 1.82) is 0 Å². The molecule has 0 amide bonds. The Morgan fingerprint density at radius 3 is 1.26 bits per heavy atom. The van der Waals surface area contributed by atoms with E-state index in [1.807, 2.05) is 60.2 Å². The van der Waals surface area contributed by atoms with E-state index in [2.05, 4.69) is 163 Å². The maximum atomic E-state index is 4.25. The summed E-state index contributed by atoms with van der Waals surface area (Å²) in [6.07, 6.45) is 18.1. The zero-order valence-corrected chi connectivity index (χ0v) is 32.4. The van der Waals surface area contributed by atoms with Gasteiger partial charge in [0.15, 0.2) is 0 Å². The van der Waals surface area contributed by atoms with Crippen molar-refractivity contribution in [3.05, 3.63) is 122 Å². The van der Waals surface area contributed by atoms with Gasteiger partial charge in [0.05, 0.1) is 11.9 Å². The molecule has 5 rings (SSSR count). The number of nitrogens with zero attached hydrogens (tertiary/aromatic N) is 8. The first-order valence-corrected chi connectivity index (χ1v) is 16.6. The molecule has 0 aliphatic rings. The molecule has 5 aromatic rings. The quantitative estimate of drug-likeness (QED) is 0.157. The van der Waals surface area contributed by atoms with E-state index in [4.69, 9.17) is 0 Å². The molecule has 0 atom stereocenters. The fourth-order valence-electron chi connectivity index (χ4n) is 3.68. The second kappa shape index (κ2) is 25.7. The molecule has 0 spiro atoms. The molecular weight excluding hydrogens is 653 g/mol. The maximum Gasteiger partial charge on any atom is 0.137 e. The average Bonchev–Trinajstić information content (AvgIpc) is 3.75. The Labute approximate surface area is 328 Å². The van der Waals surface area contributed by atoms with Gasteiger partial charge in [0.1, 0.15) is 12.7 Å². The van der Waals surface area contributed by atoms with E-state index >= 15 is 0 Å². The van der Waals surface area contributed by atoms with Gasteiger partial charge in [-0.15, -0.1) is 0 Å². The van der Waals surface area contributed by atoms with Crippen LogP contribution in [-0.4, -0.2) is 39.3 Å². The number of imidazole rings is 1. The molecule has 5 heterocycles. The smallest absolute Gasteiger partial charge is 0.137 e. The number of pyridine rings is 3. The molecule has 0 saturated carbocycles. The van der Waals surface area contributed by atoms with Gasteiger partial charge < -0.3 is 4.57 Å². The molecule has 302 valence electrons. The first-order chi connectivity index (χ1) is 22.0. The Morgan fingerprint density at radius 2 is 1.02 bits per heavy atom. The van der Waals surface area contributed by atoms with Crippen molar-refractivity contribution in [1.82, 2.24) is 39.3 Å². The minimum absolute atomic E-state index is 0. The van der Waals surface area contributed by atoms with Crippen molar-refractivity contribution in [3.63, 3.8) is 0 Å². The van der Waals surface area contributed by atoms with E-state index < -0.39 is 0 Å². The molecule has 0 unspecified atom stereocenters. The Morgan fingerprint density at radius 1 is 0.453 bits per heavy atom. The Bertz CT molecular complexity index is 1320. The molecule has 0 aliphatic carbocycles. The zero-order chi connectivity index (χ0) is 36.7. The Balaban J connectivity index is -0.000000177. The third kappa shape index (κ3) is 24.6. The van der Waals surface area contributed by atoms with Crippen molar-refractivity contribution in [3.8, 4) is 0 Å². The SMILES string of the molecule is C.C.C.C.C.CC(C)(C)c1ccccn1.CC(C)(C)c1cccnc1.CC(C)(C)c1ccncc1.CC(C)(C)n1ccnc1.CC(C)(C)n1cncn1. The predicted octanol–water partition coefficient (Wildman–Crippen LogP) is 13.0. The highest BCUT2D eigenvalue weighted by atomic mass is 15.3. The molecular formula is C45H82N8. The van der Waals surface area contributed by atoms with Gasteiger partial charge in [0.2, 0.25) is 0 Å². The van der Waals surface area contributed by atoms with E-state index in [9.17, 15) is 0 Å². The summed E-state index contributed by atoms with van der Waals surface area (Å²) in [7, 11) is 0. The third-order valence-corrected chi connectivity index (χ3v) is 6.89. The van der Waals surface area contributed by atoms with Gasteiger partial charge in [0, 0.05) is 60.0 Å². The van der Waals surface area contributed by atoms with Gasteiger partial charge in [-0.3, -0.25) is 15.0 Å². The van der Waals surface area contributed by atoms with Crippen LogP contribution in [0.25, 0.3) is 0 Å². The fraction of sp³-hybridized carbons (Fsp3) is 0.556. The van der Waals surface area contributed by atoms with Gasteiger partial charge in [-0.25, -0.2) is 14.6 Å². The molecule has 0 N–H and O–H groups in total. The van der Waals surface area contributed by atoms with Crippen LogP contribution in [0, 0.1) is 0 Å². The molecule has 8 nitrogen and oxygen atoms in total. The summed E-state index contributed by atoms with van der Waals surface area (Å²) >= 11 is 0. The van der Waals surface area contributed by atoms with Crippen LogP contribution in [0.5, 0.6) is 0 Å². The van der Waals surface area contributed by atoms with E-state index in [-0.39, 0.29) is 64.5 Å². The summed E-state index contributed by atoms with van der Waals surface area (Å²) in [6, 6.07) is 14.2. The highest BCUT2D eigenvalue weighted by Gasteiger charge is 2.14. The number of hydrogen-bond donors (Lipinski definition) is 0. The second-order valence-electron chi connectivity index (χ2n) is 16.6. The summed E-state index contributed by atoms with van der Waals surface area (Å²) in [5.41, 5.74) is 4.68. The largest absolute Gasteiger partial charge is 0.332 e. The maximum absolute atomic E-state index is 4.25. The summed E-state index contributed by atoms with van der Waals surface area (Å²) in [6.45, 7) is 32.3. The number of rotatable bonds is 0. The highest BCUT2D eigenvalue weighted by Crippen LogP contribution is 2.21. The first-order valence-electron chi connectivity index (χ1n) is 16.6. The van der Waals surface area contributed by atoms with Crippen molar-refractivity contribution in [2.75, 3.05) is 0 Å². The molecule has 53 heavy (non-hydrogen) atoms. The number of hydrogen-bond acceptors (Lipinski definition) is 6. The highest BCUT2D eigenvalue weighted by molar-refractivity contribution is 5.19. The lowest BCUT2D eigenvalue weighted by Crippen LogP contribution is -2.21. The van der Waals surface area contributed by atoms with Crippen molar-refractivity contribution in [2.24, 2.45) is 0 Å². The lowest BCUT2D eigenvalue weighted by atomic mass is 9.88. The van der Waals surface area contributed by atoms with Crippen LogP contribution in [0.1, 0.15) is 158 Å². The van der Waals surface area contributed by atoms with E-state index in [0.29, 0.717) is 0 Å². The summed E-state index contributed by atoms with van der Waals surface area (Å²) in [5.74, 6) is 0. The minimum atomic E-state index is 0. The molecule has 8 heteroatoms. The monoisotopic (exact) mass is 735 g/mol. The Hall–Kier alpha value is -4.20. The zero-order valence-electron chi connectivity index (χ0n) is 32.4. The van der Waals surface area contributed by atoms with Crippen LogP contribution in [0.3, 0.4) is 0 Å². The molecule has 0 fully saturated rings. The Kier molecular flexibility index (Phi) is 28.2. The molecule has 0 bridgehead atoms. The topological polar surface area (TPSA) is 87.2 Å². The summed E-state index contributed by atoms with van der Waals surface area (Å²) in [4.78, 5) is 20.1. The molecule has 0 aromatic carbocycles. The van der Waals surface area contributed by atoms with Crippen LogP contribution < -0.4 is 0 Å². The van der Waals surface area contributed by atoms with E-state index in [1.165, 1.54) is 11.1 Å². The fourth-order valence-corrected chi connectivity index (χ4v) is 3.68. The van der Waals surface area contributed by atoms with Gasteiger partial charge in [-0.05, 0) is 93.8 Å². The van der Waals surface area contributed by atoms with Crippen LogP contribution in [0.2, 0.25) is 0 Å². The van der Waals surface area contributed by atoms with Crippen molar-refractivity contribution < 1.29 is 0 Å². The molecule has 5 aromatic heterocycles. The van der Waals surface area contributed by atoms with Gasteiger partial charge >= 0.3 is 0 Å². The van der Waals surface area contributed by atoms with Crippen LogP contribution >= 0.6 is 0 Å². The standard InChI is InChI=1S/3C9H13N.C7H12N2.C6H11N3.5CH4/c1-9(2,3)8-4-6-10-7-5-8;1-9(2,3)8-5-4-6-10-7-8;1-9(2,3)8-6-4-5-7-10-8;1-7(2,3)9-5-4-8-6-9;1-6(2,3)9-5-7-4-8-9;;;;;/h3*4-7H,1-3H3;4-6H,1-3H3;4-5H,1-3H3;5*1H4. The van der Waals surface area contributed by atoms with Crippen molar-refractivity contribution >= 4 is 0 Å². The summed E-state index contributed by atoms with van der Waals surface area (Å²) in [5, 5.41) is 3.99. The predicted molar refractivity (Wildman–Crippen MR) is 235 cm³/mol. The van der Waals surface area contributed by atoms with Gasteiger partial charge in [0.25, 0.3) is 0 Å². The van der Waals surface area contributed by atoms with E-state index in [0.717, 1.165) is 5.69 Å². The minimum Gasteiger partial charge on any atom is -0.332 e. The molecule has 0 radical (unpaired) electrons. The van der Waals surface area contributed by atoms with Gasteiger partial charge in [-0.1, -0.05) is 112 Å². The van der Waals surface area contributed by atoms with Crippen LogP contribution in [-0.2, 0) is 27.3 Å². The van der Waals surface area contributed by atoms with Crippen LogP contribution in [0.4, 0.5) is 0 Å². The molecule has 0 saturated heterocycles. The van der Waals surface area contributed by atoms with Crippen LogP contribution in [0.15, 0.2) is 105 Å². The third-order valence-electron chi connectivity index (χ3n) is 6.89. The van der Waals surface area contributed by atoms with E-state index in [1.54, 1.807) is 25.0 Å². The first kappa shape index (κ1) is 58.1. The second-order valence-corrected chi connectivity index (χ2v) is 16.6. The number of aromatic nitrogens is 8. The summed E-state index contributed by atoms with van der Waals surface area (Å²) < 4.78 is 3.90. The van der Waals surface area contributed by atoms with Gasteiger partial charge in [-0.2, -0.15) is 5.10 Å². The molecule has 0 aliphatic heterocycles. The van der Waals surface area contributed by atoms with Crippen molar-refractivity contribution in [2.45, 2.75) is 168 Å².